The van der Waals surface area contributed by atoms with E-state index in [9.17, 15) is 9.59 Å². The van der Waals surface area contributed by atoms with Crippen LogP contribution in [0.4, 0.5) is 5.95 Å². The van der Waals surface area contributed by atoms with Crippen molar-refractivity contribution in [3.8, 4) is 11.5 Å². The topological polar surface area (TPSA) is 116 Å². The third-order valence-electron chi connectivity index (χ3n) is 4.89. The van der Waals surface area contributed by atoms with E-state index in [0.29, 0.717) is 24.0 Å². The number of imidazole rings is 1. The summed E-state index contributed by atoms with van der Waals surface area (Å²) >= 11 is 3.43. The van der Waals surface area contributed by atoms with Crippen LogP contribution in [-0.2, 0) is 13.6 Å². The van der Waals surface area contributed by atoms with E-state index in [4.69, 9.17) is 9.47 Å². The van der Waals surface area contributed by atoms with Crippen molar-refractivity contribution in [3.05, 3.63) is 79.4 Å². The van der Waals surface area contributed by atoms with Gasteiger partial charge in [-0.1, -0.05) is 34.1 Å². The monoisotopic (exact) mass is 512 g/mol. The third-order valence-corrected chi connectivity index (χ3v) is 5.39. The first kappa shape index (κ1) is 22.3. The average Bonchev–Trinajstić information content (AvgIpc) is 3.17. The molecule has 0 aliphatic rings. The van der Waals surface area contributed by atoms with Gasteiger partial charge in [0.2, 0.25) is 5.95 Å². The Labute approximate surface area is 196 Å². The van der Waals surface area contributed by atoms with Gasteiger partial charge in [0.15, 0.2) is 11.2 Å². The Hall–Kier alpha value is -3.86. The molecule has 33 heavy (non-hydrogen) atoms. The van der Waals surface area contributed by atoms with Crippen molar-refractivity contribution in [1.29, 1.82) is 0 Å². The maximum atomic E-state index is 12.6. The van der Waals surface area contributed by atoms with Crippen LogP contribution in [0.2, 0.25) is 0 Å². The van der Waals surface area contributed by atoms with Gasteiger partial charge in [-0.3, -0.25) is 18.9 Å². The molecule has 2 aromatic carbocycles. The van der Waals surface area contributed by atoms with Crippen molar-refractivity contribution in [2.24, 2.45) is 12.1 Å². The van der Waals surface area contributed by atoms with E-state index in [-0.39, 0.29) is 17.8 Å². The zero-order chi connectivity index (χ0) is 23.4. The Bertz CT molecular complexity index is 1420. The molecule has 0 atom stereocenters. The highest BCUT2D eigenvalue weighted by Gasteiger charge is 2.17. The second kappa shape index (κ2) is 9.74. The number of anilines is 1. The smallest absolute Gasteiger partial charge is 0.329 e. The first-order valence-electron chi connectivity index (χ1n) is 9.98. The van der Waals surface area contributed by atoms with Crippen LogP contribution in [0.15, 0.2) is 67.7 Å². The van der Waals surface area contributed by atoms with Crippen molar-refractivity contribution < 1.29 is 9.47 Å². The van der Waals surface area contributed by atoms with Gasteiger partial charge in [0.1, 0.15) is 18.1 Å². The lowest BCUT2D eigenvalue weighted by atomic mass is 10.2. The molecule has 0 saturated heterocycles. The van der Waals surface area contributed by atoms with E-state index in [1.165, 1.54) is 11.6 Å². The Morgan fingerprint density at radius 2 is 2.00 bits per heavy atom. The lowest BCUT2D eigenvalue weighted by Crippen LogP contribution is -2.29. The standard InChI is InChI=1S/C22H21BrN6O4/c1-28-19-18(20(30)26-22(28)31)29(10-11-33-16-6-4-3-5-7-16)21(25-19)27-24-13-14-12-15(23)8-9-17(14)32-2/h3-9,12-13H,10-11H2,1-2H3,(H,25,27)(H,26,30,31). The highest BCUT2D eigenvalue weighted by atomic mass is 79.9. The lowest BCUT2D eigenvalue weighted by molar-refractivity contribution is 0.301. The Morgan fingerprint density at radius 3 is 2.76 bits per heavy atom. The Kier molecular flexibility index (Phi) is 6.59. The summed E-state index contributed by atoms with van der Waals surface area (Å²) in [6.45, 7) is 0.570. The molecule has 0 saturated carbocycles. The molecule has 2 aromatic heterocycles. The number of halogens is 1. The number of nitrogens with one attached hydrogen (secondary N) is 2. The molecule has 4 aromatic rings. The number of ether oxygens (including phenoxy) is 2. The number of fused-ring (bicyclic) bond motifs is 1. The first-order valence-corrected chi connectivity index (χ1v) is 10.8. The van der Waals surface area contributed by atoms with Crippen LogP contribution in [0, 0.1) is 0 Å². The van der Waals surface area contributed by atoms with E-state index >= 15 is 0 Å². The molecule has 0 unspecified atom stereocenters. The summed E-state index contributed by atoms with van der Waals surface area (Å²) in [5.74, 6) is 1.64. The van der Waals surface area contributed by atoms with E-state index in [1.54, 1.807) is 17.9 Å². The molecule has 10 nitrogen and oxygen atoms in total. The summed E-state index contributed by atoms with van der Waals surface area (Å²) in [5, 5.41) is 4.27. The average molecular weight is 513 g/mol. The minimum absolute atomic E-state index is 0.237. The minimum Gasteiger partial charge on any atom is -0.496 e. The fourth-order valence-corrected chi connectivity index (χ4v) is 3.65. The molecule has 4 rings (SSSR count). The van der Waals surface area contributed by atoms with Gasteiger partial charge in [0, 0.05) is 17.1 Å². The number of aryl methyl sites for hydroxylation is 1. The van der Waals surface area contributed by atoms with E-state index < -0.39 is 11.2 Å². The molecule has 0 radical (unpaired) electrons. The predicted octanol–water partition coefficient (Wildman–Crippen LogP) is 2.72. The quantitative estimate of drug-likeness (QED) is 0.277. The van der Waals surface area contributed by atoms with Gasteiger partial charge in [-0.2, -0.15) is 10.1 Å². The van der Waals surface area contributed by atoms with Gasteiger partial charge in [0.05, 0.1) is 19.9 Å². The van der Waals surface area contributed by atoms with E-state index in [2.05, 4.69) is 36.4 Å². The SMILES string of the molecule is COc1ccc(Br)cc1C=NNc1nc2c(c(=O)[nH]c(=O)n2C)n1CCOc1ccccc1. The van der Waals surface area contributed by atoms with Gasteiger partial charge < -0.3 is 9.47 Å². The normalized spacial score (nSPS) is 11.2. The molecular formula is C22H21BrN6O4. The van der Waals surface area contributed by atoms with E-state index in [1.807, 2.05) is 48.5 Å². The summed E-state index contributed by atoms with van der Waals surface area (Å²) in [6, 6.07) is 14.9. The predicted molar refractivity (Wildman–Crippen MR) is 129 cm³/mol. The summed E-state index contributed by atoms with van der Waals surface area (Å²) in [4.78, 5) is 31.4. The number of para-hydroxylation sites is 1. The highest BCUT2D eigenvalue weighted by molar-refractivity contribution is 9.10. The molecule has 0 fully saturated rings. The Morgan fingerprint density at radius 1 is 1.21 bits per heavy atom. The molecule has 0 amide bonds. The second-order valence-electron chi connectivity index (χ2n) is 7.00. The fraction of sp³-hybridized carbons (Fsp3) is 0.182. The van der Waals surface area contributed by atoms with E-state index in [0.717, 1.165) is 10.0 Å². The summed E-state index contributed by atoms with van der Waals surface area (Å²) < 4.78 is 14.9. The number of rotatable bonds is 8. The molecule has 0 aliphatic carbocycles. The second-order valence-corrected chi connectivity index (χ2v) is 7.91. The largest absolute Gasteiger partial charge is 0.496 e. The number of hydrogen-bond acceptors (Lipinski definition) is 7. The number of benzene rings is 2. The van der Waals surface area contributed by atoms with Crippen molar-refractivity contribution >= 4 is 39.3 Å². The molecule has 0 aliphatic heterocycles. The molecule has 0 bridgehead atoms. The third kappa shape index (κ3) is 4.82. The lowest BCUT2D eigenvalue weighted by Gasteiger charge is -2.10. The van der Waals surface area contributed by atoms with Gasteiger partial charge in [-0.05, 0) is 30.3 Å². The van der Waals surface area contributed by atoms with Crippen molar-refractivity contribution in [2.45, 2.75) is 6.54 Å². The fourth-order valence-electron chi connectivity index (χ4n) is 3.27. The first-order chi connectivity index (χ1) is 16.0. The number of hydrazone groups is 1. The molecule has 2 heterocycles. The molecule has 170 valence electrons. The van der Waals surface area contributed by atoms with Crippen LogP contribution in [0.1, 0.15) is 5.56 Å². The minimum atomic E-state index is -0.549. The Balaban J connectivity index is 1.66. The van der Waals surface area contributed by atoms with Crippen LogP contribution >= 0.6 is 15.9 Å². The van der Waals surface area contributed by atoms with Crippen LogP contribution in [-0.4, -0.2) is 39.0 Å². The van der Waals surface area contributed by atoms with Gasteiger partial charge in [0.25, 0.3) is 5.56 Å². The van der Waals surface area contributed by atoms with Crippen LogP contribution in [0.5, 0.6) is 11.5 Å². The number of methoxy groups -OCH3 is 1. The number of H-pyrrole nitrogens is 1. The molecular weight excluding hydrogens is 492 g/mol. The van der Waals surface area contributed by atoms with Gasteiger partial charge in [-0.25, -0.2) is 10.2 Å². The maximum absolute atomic E-state index is 12.6. The van der Waals surface area contributed by atoms with Crippen LogP contribution in [0.25, 0.3) is 11.2 Å². The summed E-state index contributed by atoms with van der Waals surface area (Å²) in [7, 11) is 3.12. The van der Waals surface area contributed by atoms with Crippen molar-refractivity contribution in [2.75, 3.05) is 19.1 Å². The number of nitrogens with zero attached hydrogens (tertiary/aromatic N) is 4. The van der Waals surface area contributed by atoms with Crippen molar-refractivity contribution in [1.82, 2.24) is 19.1 Å². The van der Waals surface area contributed by atoms with Crippen molar-refractivity contribution in [3.63, 3.8) is 0 Å². The number of aromatic nitrogens is 4. The summed E-state index contributed by atoms with van der Waals surface area (Å²) in [5.41, 5.74) is 3.00. The molecule has 0 spiro atoms. The van der Waals surface area contributed by atoms with Crippen LogP contribution in [0.3, 0.4) is 0 Å². The number of aromatic amines is 1. The summed E-state index contributed by atoms with van der Waals surface area (Å²) in [6.07, 6.45) is 1.58. The van der Waals surface area contributed by atoms with Gasteiger partial charge in [-0.15, -0.1) is 0 Å². The maximum Gasteiger partial charge on any atom is 0.329 e. The molecule has 11 heteroatoms. The number of hydrogen-bond donors (Lipinski definition) is 2. The zero-order valence-corrected chi connectivity index (χ0v) is 19.5. The highest BCUT2D eigenvalue weighted by Crippen LogP contribution is 2.22. The van der Waals surface area contributed by atoms with Crippen LogP contribution < -0.4 is 26.1 Å². The van der Waals surface area contributed by atoms with Gasteiger partial charge >= 0.3 is 5.69 Å². The molecule has 2 N–H and O–H groups in total. The zero-order valence-electron chi connectivity index (χ0n) is 17.9.